The van der Waals surface area contributed by atoms with Crippen LogP contribution in [-0.2, 0) is 17.6 Å². The fourth-order valence-corrected chi connectivity index (χ4v) is 2.71. The molecule has 0 fully saturated rings. The van der Waals surface area contributed by atoms with Crippen molar-refractivity contribution in [3.05, 3.63) is 28.4 Å². The number of aromatic nitrogens is 1. The van der Waals surface area contributed by atoms with Gasteiger partial charge in [0.1, 0.15) is 5.75 Å². The number of carbonyl (C=O) groups is 1. The van der Waals surface area contributed by atoms with Gasteiger partial charge in [-0.15, -0.1) is 0 Å². The molecule has 2 rings (SSSR count). The molecule has 2 N–H and O–H groups in total. The molecular formula is C15H19ClN2O2. The molecule has 0 unspecified atom stereocenters. The molecule has 0 aliphatic heterocycles. The molecule has 1 aromatic heterocycles. The lowest BCUT2D eigenvalue weighted by Gasteiger charge is -2.05. The van der Waals surface area contributed by atoms with Gasteiger partial charge in [-0.25, -0.2) is 0 Å². The molecule has 0 aliphatic carbocycles. The van der Waals surface area contributed by atoms with Crippen molar-refractivity contribution < 1.29 is 9.53 Å². The Morgan fingerprint density at radius 3 is 2.85 bits per heavy atom. The second-order valence-electron chi connectivity index (χ2n) is 4.69. The van der Waals surface area contributed by atoms with Crippen molar-refractivity contribution in [2.45, 2.75) is 26.2 Å². The number of amides is 1. The third-order valence-electron chi connectivity index (χ3n) is 3.37. The van der Waals surface area contributed by atoms with Crippen LogP contribution in [0.3, 0.4) is 0 Å². The van der Waals surface area contributed by atoms with Gasteiger partial charge in [0.25, 0.3) is 0 Å². The largest absolute Gasteiger partial charge is 0.495 e. The van der Waals surface area contributed by atoms with E-state index in [-0.39, 0.29) is 0 Å². The van der Waals surface area contributed by atoms with Crippen LogP contribution in [0.2, 0.25) is 5.02 Å². The van der Waals surface area contributed by atoms with Gasteiger partial charge in [-0.05, 0) is 30.5 Å². The third-order valence-corrected chi connectivity index (χ3v) is 3.66. The number of carbonyl (C=O) groups excluding carboxylic acids is 1. The van der Waals surface area contributed by atoms with Crippen molar-refractivity contribution in [2.75, 3.05) is 13.7 Å². The van der Waals surface area contributed by atoms with E-state index in [0.29, 0.717) is 17.3 Å². The SMILES string of the molecule is CCCc1[nH]c2cc(Cl)c(OC)cc2c1CCNC=O. The third kappa shape index (κ3) is 2.90. The lowest BCUT2D eigenvalue weighted by Crippen LogP contribution is -2.14. The number of methoxy groups -OCH3 is 1. The molecule has 1 amide bonds. The molecule has 0 saturated carbocycles. The van der Waals surface area contributed by atoms with Gasteiger partial charge in [-0.1, -0.05) is 24.9 Å². The van der Waals surface area contributed by atoms with E-state index in [9.17, 15) is 4.79 Å². The van der Waals surface area contributed by atoms with E-state index in [0.717, 1.165) is 36.6 Å². The molecule has 0 spiro atoms. The lowest BCUT2D eigenvalue weighted by atomic mass is 10.0. The van der Waals surface area contributed by atoms with Gasteiger partial charge in [0.15, 0.2) is 0 Å². The summed E-state index contributed by atoms with van der Waals surface area (Å²) in [5.41, 5.74) is 3.45. The molecule has 0 radical (unpaired) electrons. The molecule has 0 saturated heterocycles. The van der Waals surface area contributed by atoms with Crippen LogP contribution in [0.15, 0.2) is 12.1 Å². The number of ether oxygens (including phenoxy) is 1. The van der Waals surface area contributed by atoms with Crippen LogP contribution in [0.1, 0.15) is 24.6 Å². The Morgan fingerprint density at radius 1 is 1.40 bits per heavy atom. The van der Waals surface area contributed by atoms with E-state index in [2.05, 4.69) is 17.2 Å². The van der Waals surface area contributed by atoms with Gasteiger partial charge < -0.3 is 15.0 Å². The van der Waals surface area contributed by atoms with Crippen LogP contribution in [0.5, 0.6) is 5.75 Å². The zero-order valence-corrected chi connectivity index (χ0v) is 12.5. The second kappa shape index (κ2) is 6.66. The normalized spacial score (nSPS) is 10.8. The molecule has 1 heterocycles. The fraction of sp³-hybridized carbons (Fsp3) is 0.400. The Bertz CT molecular complexity index is 607. The topological polar surface area (TPSA) is 54.1 Å². The van der Waals surface area contributed by atoms with E-state index < -0.39 is 0 Å². The average molecular weight is 295 g/mol. The number of aryl methyl sites for hydroxylation is 1. The highest BCUT2D eigenvalue weighted by Gasteiger charge is 2.13. The second-order valence-corrected chi connectivity index (χ2v) is 5.09. The molecule has 20 heavy (non-hydrogen) atoms. The zero-order valence-electron chi connectivity index (χ0n) is 11.8. The lowest BCUT2D eigenvalue weighted by molar-refractivity contribution is -0.109. The molecule has 108 valence electrons. The van der Waals surface area contributed by atoms with E-state index in [1.165, 1.54) is 11.3 Å². The zero-order chi connectivity index (χ0) is 14.5. The minimum absolute atomic E-state index is 0.599. The summed E-state index contributed by atoms with van der Waals surface area (Å²) in [6.45, 7) is 2.77. The fourth-order valence-electron chi connectivity index (χ4n) is 2.47. The van der Waals surface area contributed by atoms with Gasteiger partial charge in [0.05, 0.1) is 12.1 Å². The van der Waals surface area contributed by atoms with Gasteiger partial charge in [-0.2, -0.15) is 0 Å². The molecule has 0 aliphatic rings. The summed E-state index contributed by atoms with van der Waals surface area (Å²) in [6.07, 6.45) is 3.56. The van der Waals surface area contributed by atoms with Gasteiger partial charge in [-0.3, -0.25) is 4.79 Å². The summed E-state index contributed by atoms with van der Waals surface area (Å²) in [5, 5.41) is 4.42. The molecular weight excluding hydrogens is 276 g/mol. The first-order valence-electron chi connectivity index (χ1n) is 6.75. The summed E-state index contributed by atoms with van der Waals surface area (Å²) in [7, 11) is 1.61. The predicted molar refractivity (Wildman–Crippen MR) is 81.6 cm³/mol. The Hall–Kier alpha value is -1.68. The first kappa shape index (κ1) is 14.7. The van der Waals surface area contributed by atoms with E-state index in [1.807, 2.05) is 12.1 Å². The quantitative estimate of drug-likeness (QED) is 0.609. The summed E-state index contributed by atoms with van der Waals surface area (Å²) in [4.78, 5) is 13.8. The highest BCUT2D eigenvalue weighted by molar-refractivity contribution is 6.32. The molecule has 1 aromatic carbocycles. The van der Waals surface area contributed by atoms with E-state index >= 15 is 0 Å². The maximum atomic E-state index is 10.4. The smallest absolute Gasteiger partial charge is 0.207 e. The molecule has 0 bridgehead atoms. The minimum Gasteiger partial charge on any atom is -0.495 e. The van der Waals surface area contributed by atoms with Crippen molar-refractivity contribution in [3.8, 4) is 5.75 Å². The number of nitrogens with one attached hydrogen (secondary N) is 2. The van der Waals surface area contributed by atoms with Crippen molar-refractivity contribution in [1.29, 1.82) is 0 Å². The van der Waals surface area contributed by atoms with Crippen molar-refractivity contribution in [1.82, 2.24) is 10.3 Å². The molecule has 5 heteroatoms. The maximum absolute atomic E-state index is 10.4. The number of benzene rings is 1. The molecule has 4 nitrogen and oxygen atoms in total. The van der Waals surface area contributed by atoms with Crippen molar-refractivity contribution in [3.63, 3.8) is 0 Å². The van der Waals surface area contributed by atoms with Crippen molar-refractivity contribution >= 4 is 28.9 Å². The van der Waals surface area contributed by atoms with Gasteiger partial charge in [0, 0.05) is 23.1 Å². The maximum Gasteiger partial charge on any atom is 0.207 e. The highest BCUT2D eigenvalue weighted by atomic mass is 35.5. The van der Waals surface area contributed by atoms with Crippen LogP contribution in [0.4, 0.5) is 0 Å². The number of hydrogen-bond acceptors (Lipinski definition) is 2. The number of halogens is 1. The minimum atomic E-state index is 0.599. The number of rotatable bonds is 7. The predicted octanol–water partition coefficient (Wildman–Crippen LogP) is 3.07. The Morgan fingerprint density at radius 2 is 2.20 bits per heavy atom. The van der Waals surface area contributed by atoms with E-state index in [4.69, 9.17) is 16.3 Å². The van der Waals surface area contributed by atoms with Crippen LogP contribution in [-0.4, -0.2) is 25.0 Å². The number of aromatic amines is 1. The van der Waals surface area contributed by atoms with Crippen LogP contribution in [0.25, 0.3) is 10.9 Å². The highest BCUT2D eigenvalue weighted by Crippen LogP contribution is 2.33. The van der Waals surface area contributed by atoms with Crippen molar-refractivity contribution in [2.24, 2.45) is 0 Å². The number of fused-ring (bicyclic) bond motifs is 1. The summed E-state index contributed by atoms with van der Waals surface area (Å²) < 4.78 is 5.29. The Kier molecular flexibility index (Phi) is 4.90. The molecule has 0 atom stereocenters. The van der Waals surface area contributed by atoms with E-state index in [1.54, 1.807) is 7.11 Å². The standard InChI is InChI=1S/C15H19ClN2O2/c1-3-4-13-10(5-6-17-9-19)11-7-15(20-2)12(16)8-14(11)18-13/h7-9,18H,3-6H2,1-2H3,(H,17,19). The van der Waals surface area contributed by atoms with Gasteiger partial charge >= 0.3 is 0 Å². The summed E-state index contributed by atoms with van der Waals surface area (Å²) in [5.74, 6) is 0.672. The number of hydrogen-bond donors (Lipinski definition) is 2. The van der Waals surface area contributed by atoms with Gasteiger partial charge in [0.2, 0.25) is 6.41 Å². The van der Waals surface area contributed by atoms with Crippen LogP contribution >= 0.6 is 11.6 Å². The van der Waals surface area contributed by atoms with Crippen LogP contribution in [0, 0.1) is 0 Å². The summed E-state index contributed by atoms with van der Waals surface area (Å²) in [6, 6.07) is 3.86. The Labute approximate surface area is 123 Å². The van der Waals surface area contributed by atoms with Crippen LogP contribution < -0.4 is 10.1 Å². The first-order valence-corrected chi connectivity index (χ1v) is 7.13. The first-order chi connectivity index (χ1) is 9.71. The number of H-pyrrole nitrogens is 1. The molecule has 2 aromatic rings. The Balaban J connectivity index is 2.47. The monoisotopic (exact) mass is 294 g/mol. The summed E-state index contributed by atoms with van der Waals surface area (Å²) >= 11 is 6.17. The average Bonchev–Trinajstić information content (AvgIpc) is 2.75.